The molecule has 1 heterocycles. The van der Waals surface area contributed by atoms with Gasteiger partial charge in [-0.05, 0) is 47.6 Å². The Kier molecular flexibility index (Phi) is 5.32. The lowest BCUT2D eigenvalue weighted by Gasteiger charge is -2.11. The largest absolute Gasteiger partial charge is 0.312 e. The molecule has 1 N–H and O–H groups in total. The normalized spacial score (nSPS) is 12.7. The van der Waals surface area contributed by atoms with Gasteiger partial charge in [-0.3, -0.25) is 0 Å². The summed E-state index contributed by atoms with van der Waals surface area (Å²) >= 11 is 17.6. The molecule has 0 amide bonds. The highest BCUT2D eigenvalue weighted by Crippen LogP contribution is 2.41. The highest BCUT2D eigenvalue weighted by Gasteiger charge is 2.14. The molecule has 2 rings (SSSR count). The van der Waals surface area contributed by atoms with E-state index in [1.54, 1.807) is 11.3 Å². The standard InChI is InChI=1S/C14H14BrCl2NS/c1-3-10(18-2)12-7-6-11(19-12)8-4-5-9(15)14(17)13(8)16/h4-7,10,18H,3H2,1-2H3. The van der Waals surface area contributed by atoms with Crippen LogP contribution in [0, 0.1) is 0 Å². The first kappa shape index (κ1) is 15.3. The molecule has 102 valence electrons. The maximum Gasteiger partial charge on any atom is 0.0740 e. The highest BCUT2D eigenvalue weighted by atomic mass is 79.9. The molecule has 0 radical (unpaired) electrons. The van der Waals surface area contributed by atoms with E-state index in [4.69, 9.17) is 23.2 Å². The van der Waals surface area contributed by atoms with E-state index >= 15 is 0 Å². The van der Waals surface area contributed by atoms with Crippen LogP contribution in [-0.4, -0.2) is 7.05 Å². The van der Waals surface area contributed by atoms with Crippen molar-refractivity contribution < 1.29 is 0 Å². The van der Waals surface area contributed by atoms with Gasteiger partial charge in [0, 0.05) is 25.8 Å². The third kappa shape index (κ3) is 3.17. The second-order valence-electron chi connectivity index (χ2n) is 4.17. The predicted octanol–water partition coefficient (Wildman–Crippen LogP) is 6.15. The Bertz CT molecular complexity index is 579. The summed E-state index contributed by atoms with van der Waals surface area (Å²) in [6, 6.07) is 8.57. The molecule has 0 saturated heterocycles. The maximum absolute atomic E-state index is 6.32. The van der Waals surface area contributed by atoms with Gasteiger partial charge >= 0.3 is 0 Å². The van der Waals surface area contributed by atoms with Crippen LogP contribution < -0.4 is 5.32 Å². The summed E-state index contributed by atoms with van der Waals surface area (Å²) < 4.78 is 0.821. The van der Waals surface area contributed by atoms with Gasteiger partial charge in [0.25, 0.3) is 0 Å². The molecule has 19 heavy (non-hydrogen) atoms. The van der Waals surface area contributed by atoms with Gasteiger partial charge < -0.3 is 5.32 Å². The van der Waals surface area contributed by atoms with Crippen LogP contribution in [0.15, 0.2) is 28.7 Å². The summed E-state index contributed by atoms with van der Waals surface area (Å²) in [6.07, 6.45) is 1.06. The maximum atomic E-state index is 6.32. The lowest BCUT2D eigenvalue weighted by molar-refractivity contribution is 0.586. The van der Waals surface area contributed by atoms with Crippen molar-refractivity contribution in [3.63, 3.8) is 0 Å². The zero-order valence-electron chi connectivity index (χ0n) is 10.6. The molecule has 0 aliphatic carbocycles. The summed E-state index contributed by atoms with van der Waals surface area (Å²) in [5.41, 5.74) is 0.983. The van der Waals surface area contributed by atoms with Crippen LogP contribution in [0.2, 0.25) is 10.0 Å². The summed E-state index contributed by atoms with van der Waals surface area (Å²) in [5, 5.41) is 4.48. The Labute approximate surface area is 136 Å². The Morgan fingerprint density at radius 3 is 2.58 bits per heavy atom. The first-order valence-corrected chi connectivity index (χ1v) is 8.35. The number of hydrogen-bond donors (Lipinski definition) is 1. The van der Waals surface area contributed by atoms with E-state index in [-0.39, 0.29) is 0 Å². The first-order valence-electron chi connectivity index (χ1n) is 5.99. The van der Waals surface area contributed by atoms with Gasteiger partial charge in [-0.2, -0.15) is 0 Å². The minimum atomic E-state index is 0.392. The molecule has 0 spiro atoms. The topological polar surface area (TPSA) is 12.0 Å². The van der Waals surface area contributed by atoms with Crippen molar-refractivity contribution in [1.29, 1.82) is 0 Å². The molecule has 1 unspecified atom stereocenters. The first-order chi connectivity index (χ1) is 9.08. The lowest BCUT2D eigenvalue weighted by atomic mass is 10.1. The van der Waals surface area contributed by atoms with E-state index < -0.39 is 0 Å². The number of hydrogen-bond acceptors (Lipinski definition) is 2. The quantitative estimate of drug-likeness (QED) is 0.628. The number of rotatable bonds is 4. The van der Waals surface area contributed by atoms with Crippen molar-refractivity contribution >= 4 is 50.5 Å². The summed E-state index contributed by atoms with van der Waals surface area (Å²) in [6.45, 7) is 2.17. The molecule has 1 nitrogen and oxygen atoms in total. The molecule has 1 atom stereocenters. The fourth-order valence-corrected chi connectivity index (χ4v) is 4.11. The second kappa shape index (κ2) is 6.59. The minimum Gasteiger partial charge on any atom is -0.312 e. The van der Waals surface area contributed by atoms with Crippen molar-refractivity contribution in [2.45, 2.75) is 19.4 Å². The summed E-state index contributed by atoms with van der Waals surface area (Å²) in [7, 11) is 1.98. The van der Waals surface area contributed by atoms with Crippen LogP contribution in [-0.2, 0) is 0 Å². The van der Waals surface area contributed by atoms with Crippen molar-refractivity contribution in [1.82, 2.24) is 5.32 Å². The average molecular weight is 379 g/mol. The van der Waals surface area contributed by atoms with Crippen LogP contribution >= 0.6 is 50.5 Å². The Morgan fingerprint density at radius 2 is 1.95 bits per heavy atom. The predicted molar refractivity (Wildman–Crippen MR) is 89.6 cm³/mol. The number of thiophene rings is 1. The van der Waals surface area contributed by atoms with Crippen LogP contribution in [0.1, 0.15) is 24.3 Å². The molecule has 1 aromatic carbocycles. The summed E-state index contributed by atoms with van der Waals surface area (Å²) in [5.74, 6) is 0. The zero-order chi connectivity index (χ0) is 14.0. The molecule has 0 aliphatic heterocycles. The minimum absolute atomic E-state index is 0.392. The second-order valence-corrected chi connectivity index (χ2v) is 6.90. The van der Waals surface area contributed by atoms with E-state index in [2.05, 4.69) is 40.3 Å². The zero-order valence-corrected chi connectivity index (χ0v) is 14.6. The van der Waals surface area contributed by atoms with Gasteiger partial charge in [0.2, 0.25) is 0 Å². The fraction of sp³-hybridized carbons (Fsp3) is 0.286. The van der Waals surface area contributed by atoms with E-state index in [1.807, 2.05) is 19.2 Å². The summed E-state index contributed by atoms with van der Waals surface area (Å²) in [4.78, 5) is 2.46. The lowest BCUT2D eigenvalue weighted by Crippen LogP contribution is -2.13. The van der Waals surface area contributed by atoms with Crippen molar-refractivity contribution in [3.05, 3.63) is 43.7 Å². The molecular weight excluding hydrogens is 365 g/mol. The van der Waals surface area contributed by atoms with Crippen molar-refractivity contribution in [2.75, 3.05) is 7.05 Å². The molecular formula is C14H14BrCl2NS. The van der Waals surface area contributed by atoms with Gasteiger partial charge in [0.05, 0.1) is 10.0 Å². The fourth-order valence-electron chi connectivity index (χ4n) is 1.95. The number of halogens is 3. The van der Waals surface area contributed by atoms with E-state index in [9.17, 15) is 0 Å². The monoisotopic (exact) mass is 377 g/mol. The smallest absolute Gasteiger partial charge is 0.0740 e. The Balaban J connectivity index is 2.41. The van der Waals surface area contributed by atoms with E-state index in [0.717, 1.165) is 21.3 Å². The molecule has 0 aliphatic rings. The van der Waals surface area contributed by atoms with Crippen molar-refractivity contribution in [3.8, 4) is 10.4 Å². The van der Waals surface area contributed by atoms with Gasteiger partial charge in [-0.15, -0.1) is 11.3 Å². The molecule has 0 bridgehead atoms. The Morgan fingerprint density at radius 1 is 1.21 bits per heavy atom. The SMILES string of the molecule is CCC(NC)c1ccc(-c2ccc(Br)c(Cl)c2Cl)s1. The van der Waals surface area contributed by atoms with Crippen LogP contribution in [0.3, 0.4) is 0 Å². The van der Waals surface area contributed by atoms with Gasteiger partial charge in [0.15, 0.2) is 0 Å². The molecule has 0 fully saturated rings. The molecule has 5 heteroatoms. The third-order valence-corrected chi connectivity index (χ3v) is 6.03. The van der Waals surface area contributed by atoms with E-state index in [0.29, 0.717) is 16.1 Å². The van der Waals surface area contributed by atoms with Crippen LogP contribution in [0.25, 0.3) is 10.4 Å². The van der Waals surface area contributed by atoms with Crippen LogP contribution in [0.4, 0.5) is 0 Å². The van der Waals surface area contributed by atoms with Gasteiger partial charge in [-0.1, -0.05) is 36.2 Å². The van der Waals surface area contributed by atoms with Gasteiger partial charge in [-0.25, -0.2) is 0 Å². The molecule has 0 saturated carbocycles. The average Bonchev–Trinajstić information content (AvgIpc) is 2.87. The van der Waals surface area contributed by atoms with E-state index in [1.165, 1.54) is 4.88 Å². The molecule has 1 aromatic heterocycles. The Hall–Kier alpha value is -0.0600. The van der Waals surface area contributed by atoms with Gasteiger partial charge in [0.1, 0.15) is 0 Å². The molecule has 2 aromatic rings. The highest BCUT2D eigenvalue weighted by molar-refractivity contribution is 9.10. The third-order valence-electron chi connectivity index (χ3n) is 3.03. The van der Waals surface area contributed by atoms with Crippen LogP contribution in [0.5, 0.6) is 0 Å². The number of nitrogens with one attached hydrogen (secondary N) is 1. The van der Waals surface area contributed by atoms with Crippen molar-refractivity contribution in [2.24, 2.45) is 0 Å². The number of benzene rings is 1.